The van der Waals surface area contributed by atoms with Gasteiger partial charge >= 0.3 is 6.09 Å². The summed E-state index contributed by atoms with van der Waals surface area (Å²) in [5, 5.41) is 3.69. The van der Waals surface area contributed by atoms with Gasteiger partial charge in [-0.25, -0.2) is 4.79 Å². The van der Waals surface area contributed by atoms with Gasteiger partial charge in [-0.2, -0.15) is 0 Å². The van der Waals surface area contributed by atoms with Crippen LogP contribution in [0, 0.1) is 6.92 Å². The van der Waals surface area contributed by atoms with E-state index in [2.05, 4.69) is 43.4 Å². The van der Waals surface area contributed by atoms with Gasteiger partial charge < -0.3 is 15.0 Å². The SMILES string of the molecule is CCOC(=O)N1CCC(N[C@@H](C)c2ccccc2C)CC1. The minimum Gasteiger partial charge on any atom is -0.450 e. The number of carbonyl (C=O) groups is 1. The second-order valence-electron chi connectivity index (χ2n) is 5.71. The number of likely N-dealkylation sites (tertiary alicyclic amines) is 1. The van der Waals surface area contributed by atoms with E-state index in [0.29, 0.717) is 18.7 Å². The van der Waals surface area contributed by atoms with E-state index in [9.17, 15) is 4.79 Å². The summed E-state index contributed by atoms with van der Waals surface area (Å²) in [5.74, 6) is 0. The van der Waals surface area contributed by atoms with Crippen molar-refractivity contribution in [1.82, 2.24) is 10.2 Å². The molecule has 2 rings (SSSR count). The number of hydrogen-bond acceptors (Lipinski definition) is 3. The molecular weight excluding hydrogens is 264 g/mol. The van der Waals surface area contributed by atoms with Crippen LogP contribution in [0.5, 0.6) is 0 Å². The van der Waals surface area contributed by atoms with Crippen LogP contribution in [0.3, 0.4) is 0 Å². The second-order valence-corrected chi connectivity index (χ2v) is 5.71. The van der Waals surface area contributed by atoms with Gasteiger partial charge in [-0.1, -0.05) is 24.3 Å². The standard InChI is InChI=1S/C17H26N2O2/c1-4-21-17(20)19-11-9-15(10-12-19)18-14(3)16-8-6-5-7-13(16)2/h5-8,14-15,18H,4,9-12H2,1-3H3/t14-/m0/s1. The van der Waals surface area contributed by atoms with Crippen LogP contribution >= 0.6 is 0 Å². The quantitative estimate of drug-likeness (QED) is 0.925. The van der Waals surface area contributed by atoms with E-state index in [1.807, 2.05) is 6.92 Å². The van der Waals surface area contributed by atoms with Crippen LogP contribution in [0.2, 0.25) is 0 Å². The van der Waals surface area contributed by atoms with Crippen molar-refractivity contribution < 1.29 is 9.53 Å². The highest BCUT2D eigenvalue weighted by Crippen LogP contribution is 2.20. The average molecular weight is 290 g/mol. The van der Waals surface area contributed by atoms with Gasteiger partial charge in [-0.15, -0.1) is 0 Å². The number of carbonyl (C=O) groups excluding carboxylic acids is 1. The van der Waals surface area contributed by atoms with Gasteiger partial charge in [0.15, 0.2) is 0 Å². The lowest BCUT2D eigenvalue weighted by Crippen LogP contribution is -2.45. The molecule has 0 aliphatic carbocycles. The molecule has 21 heavy (non-hydrogen) atoms. The molecule has 1 saturated heterocycles. The number of nitrogens with one attached hydrogen (secondary N) is 1. The molecule has 0 bridgehead atoms. The molecule has 0 aromatic heterocycles. The Bertz CT molecular complexity index is 468. The lowest BCUT2D eigenvalue weighted by atomic mass is 9.99. The monoisotopic (exact) mass is 290 g/mol. The van der Waals surface area contributed by atoms with Gasteiger partial charge in [0.25, 0.3) is 0 Å². The van der Waals surface area contributed by atoms with E-state index >= 15 is 0 Å². The summed E-state index contributed by atoms with van der Waals surface area (Å²) >= 11 is 0. The molecule has 116 valence electrons. The van der Waals surface area contributed by atoms with E-state index in [0.717, 1.165) is 25.9 Å². The Morgan fingerprint density at radius 3 is 2.67 bits per heavy atom. The van der Waals surface area contributed by atoms with Gasteiger partial charge in [0, 0.05) is 25.2 Å². The third kappa shape index (κ3) is 4.21. The highest BCUT2D eigenvalue weighted by molar-refractivity contribution is 5.67. The minimum atomic E-state index is -0.178. The molecule has 1 atom stereocenters. The van der Waals surface area contributed by atoms with E-state index < -0.39 is 0 Å². The highest BCUT2D eigenvalue weighted by atomic mass is 16.6. The van der Waals surface area contributed by atoms with E-state index in [-0.39, 0.29) is 6.09 Å². The van der Waals surface area contributed by atoms with Crippen molar-refractivity contribution in [3.63, 3.8) is 0 Å². The molecule has 0 spiro atoms. The molecule has 1 aliphatic heterocycles. The van der Waals surface area contributed by atoms with Crippen LogP contribution in [-0.4, -0.2) is 36.7 Å². The van der Waals surface area contributed by atoms with E-state index in [1.54, 1.807) is 4.90 Å². The third-order valence-electron chi connectivity index (χ3n) is 4.16. The normalized spacial score (nSPS) is 17.6. The first-order valence-corrected chi connectivity index (χ1v) is 7.85. The summed E-state index contributed by atoms with van der Waals surface area (Å²) in [6.07, 6.45) is 1.78. The van der Waals surface area contributed by atoms with E-state index in [4.69, 9.17) is 4.74 Å². The van der Waals surface area contributed by atoms with Crippen molar-refractivity contribution in [2.75, 3.05) is 19.7 Å². The van der Waals surface area contributed by atoms with Crippen LogP contribution in [0.25, 0.3) is 0 Å². The molecular formula is C17H26N2O2. The van der Waals surface area contributed by atoms with Gasteiger partial charge in [-0.3, -0.25) is 0 Å². The van der Waals surface area contributed by atoms with Crippen LogP contribution < -0.4 is 5.32 Å². The predicted octanol–water partition coefficient (Wildman–Crippen LogP) is 3.27. The number of benzene rings is 1. The fraction of sp³-hybridized carbons (Fsp3) is 0.588. The average Bonchev–Trinajstić information content (AvgIpc) is 2.48. The van der Waals surface area contributed by atoms with Gasteiger partial charge in [0.1, 0.15) is 0 Å². The number of amides is 1. The minimum absolute atomic E-state index is 0.178. The predicted molar refractivity (Wildman–Crippen MR) is 84.3 cm³/mol. The van der Waals surface area contributed by atoms with Gasteiger partial charge in [0.05, 0.1) is 6.61 Å². The Morgan fingerprint density at radius 2 is 2.05 bits per heavy atom. The topological polar surface area (TPSA) is 41.6 Å². The number of rotatable bonds is 4. The molecule has 1 aliphatic rings. The zero-order chi connectivity index (χ0) is 15.2. The first-order valence-electron chi connectivity index (χ1n) is 7.85. The fourth-order valence-corrected chi connectivity index (χ4v) is 2.96. The maximum Gasteiger partial charge on any atom is 0.409 e. The first kappa shape index (κ1) is 15.8. The molecule has 0 saturated carbocycles. The van der Waals surface area contributed by atoms with Crippen molar-refractivity contribution in [3.05, 3.63) is 35.4 Å². The summed E-state index contributed by atoms with van der Waals surface area (Å²) in [4.78, 5) is 13.5. The van der Waals surface area contributed by atoms with Gasteiger partial charge in [-0.05, 0) is 44.7 Å². The molecule has 0 radical (unpaired) electrons. The molecule has 1 aromatic rings. The Hall–Kier alpha value is -1.55. The molecule has 1 heterocycles. The smallest absolute Gasteiger partial charge is 0.409 e. The van der Waals surface area contributed by atoms with Gasteiger partial charge in [0.2, 0.25) is 0 Å². The number of ether oxygens (including phenoxy) is 1. The summed E-state index contributed by atoms with van der Waals surface area (Å²) in [5.41, 5.74) is 2.67. The zero-order valence-corrected chi connectivity index (χ0v) is 13.3. The van der Waals surface area contributed by atoms with Crippen LogP contribution in [0.15, 0.2) is 24.3 Å². The van der Waals surface area contributed by atoms with Crippen molar-refractivity contribution in [1.29, 1.82) is 0 Å². The Kier molecular flexibility index (Phi) is 5.62. The molecule has 4 heteroatoms. The fourth-order valence-electron chi connectivity index (χ4n) is 2.96. The highest BCUT2D eigenvalue weighted by Gasteiger charge is 2.24. The molecule has 1 N–H and O–H groups in total. The van der Waals surface area contributed by atoms with Crippen LogP contribution in [-0.2, 0) is 4.74 Å². The second kappa shape index (κ2) is 7.46. The van der Waals surface area contributed by atoms with Crippen molar-refractivity contribution in [2.24, 2.45) is 0 Å². The summed E-state index contributed by atoms with van der Waals surface area (Å²) < 4.78 is 5.05. The van der Waals surface area contributed by atoms with E-state index in [1.165, 1.54) is 11.1 Å². The lowest BCUT2D eigenvalue weighted by molar-refractivity contribution is 0.0943. The first-order chi connectivity index (χ1) is 10.1. The summed E-state index contributed by atoms with van der Waals surface area (Å²) in [7, 11) is 0. The largest absolute Gasteiger partial charge is 0.450 e. The third-order valence-corrected chi connectivity index (χ3v) is 4.16. The van der Waals surface area contributed by atoms with Crippen molar-refractivity contribution >= 4 is 6.09 Å². The maximum atomic E-state index is 11.7. The summed E-state index contributed by atoms with van der Waals surface area (Å²) in [6.45, 7) is 8.20. The van der Waals surface area contributed by atoms with Crippen LogP contribution in [0.4, 0.5) is 4.79 Å². The maximum absolute atomic E-state index is 11.7. The summed E-state index contributed by atoms with van der Waals surface area (Å²) in [6, 6.07) is 9.29. The Morgan fingerprint density at radius 1 is 1.38 bits per heavy atom. The Labute approximate surface area is 127 Å². The zero-order valence-electron chi connectivity index (χ0n) is 13.3. The number of nitrogens with zero attached hydrogens (tertiary/aromatic N) is 1. The van der Waals surface area contributed by atoms with Crippen molar-refractivity contribution in [3.8, 4) is 0 Å². The number of piperidine rings is 1. The number of aryl methyl sites for hydroxylation is 1. The van der Waals surface area contributed by atoms with Crippen LogP contribution in [0.1, 0.15) is 43.9 Å². The molecule has 4 nitrogen and oxygen atoms in total. The lowest BCUT2D eigenvalue weighted by Gasteiger charge is -2.33. The molecule has 1 amide bonds. The number of hydrogen-bond donors (Lipinski definition) is 1. The van der Waals surface area contributed by atoms with Crippen molar-refractivity contribution in [2.45, 2.75) is 45.7 Å². The molecule has 0 unspecified atom stereocenters. The Balaban J connectivity index is 1.83. The molecule has 1 aromatic carbocycles. The molecule has 1 fully saturated rings.